The lowest BCUT2D eigenvalue weighted by Crippen LogP contribution is -2.45. The maximum absolute atomic E-state index is 10.7. The summed E-state index contributed by atoms with van der Waals surface area (Å²) in [6.45, 7) is 0.614. The zero-order valence-corrected chi connectivity index (χ0v) is 10.6. The standard InChI is InChI=1S/C13H19NO3/c1-14(2,3)10-12(9-13(15)16)17-11-7-5-4-6-8-11/h4-8,12H,9-10H2,1-3H3. The summed E-state index contributed by atoms with van der Waals surface area (Å²) in [6.07, 6.45) is -0.466. The van der Waals surface area contributed by atoms with Crippen molar-refractivity contribution < 1.29 is 19.1 Å². The molecule has 0 fully saturated rings. The Balaban J connectivity index is 2.67. The molecule has 0 aliphatic carbocycles. The molecule has 1 unspecified atom stereocenters. The maximum Gasteiger partial charge on any atom is 0.152 e. The average Bonchev–Trinajstić information content (AvgIpc) is 2.15. The molecule has 0 saturated heterocycles. The average molecular weight is 237 g/mol. The normalized spacial score (nSPS) is 13.1. The van der Waals surface area contributed by atoms with E-state index in [-0.39, 0.29) is 12.5 Å². The number of carboxylic acid groups (broad SMARTS) is 1. The van der Waals surface area contributed by atoms with Gasteiger partial charge in [-0.15, -0.1) is 0 Å². The Hall–Kier alpha value is -1.55. The lowest BCUT2D eigenvalue weighted by molar-refractivity contribution is -0.873. The molecule has 0 radical (unpaired) electrons. The van der Waals surface area contributed by atoms with E-state index in [1.807, 2.05) is 51.5 Å². The Morgan fingerprint density at radius 3 is 2.35 bits per heavy atom. The molecule has 1 aromatic carbocycles. The fourth-order valence-electron chi connectivity index (χ4n) is 1.63. The van der Waals surface area contributed by atoms with Gasteiger partial charge in [-0.3, -0.25) is 0 Å². The van der Waals surface area contributed by atoms with Crippen LogP contribution in [-0.2, 0) is 4.79 Å². The number of ether oxygens (including phenoxy) is 1. The molecule has 0 amide bonds. The largest absolute Gasteiger partial charge is 0.550 e. The van der Waals surface area contributed by atoms with Gasteiger partial charge >= 0.3 is 0 Å². The number of hydrogen-bond donors (Lipinski definition) is 0. The molecule has 0 N–H and O–H groups in total. The highest BCUT2D eigenvalue weighted by Gasteiger charge is 2.20. The third kappa shape index (κ3) is 5.92. The number of carbonyl (C=O) groups excluding carboxylic acids is 1. The van der Waals surface area contributed by atoms with E-state index >= 15 is 0 Å². The summed E-state index contributed by atoms with van der Waals surface area (Å²) in [4.78, 5) is 10.7. The van der Waals surface area contributed by atoms with Crippen molar-refractivity contribution in [2.45, 2.75) is 12.5 Å². The van der Waals surface area contributed by atoms with Crippen molar-refractivity contribution in [3.63, 3.8) is 0 Å². The van der Waals surface area contributed by atoms with Crippen molar-refractivity contribution in [2.75, 3.05) is 27.7 Å². The van der Waals surface area contributed by atoms with Gasteiger partial charge in [-0.1, -0.05) is 18.2 Å². The highest BCUT2D eigenvalue weighted by atomic mass is 16.5. The minimum absolute atomic E-state index is 0.0928. The predicted octanol–water partition coefficient (Wildman–Crippen LogP) is 0.280. The molecule has 4 nitrogen and oxygen atoms in total. The van der Waals surface area contributed by atoms with E-state index in [0.717, 1.165) is 0 Å². The number of benzene rings is 1. The van der Waals surface area contributed by atoms with Crippen LogP contribution in [0.4, 0.5) is 0 Å². The second kappa shape index (κ2) is 5.68. The van der Waals surface area contributed by atoms with Crippen molar-refractivity contribution in [1.29, 1.82) is 0 Å². The summed E-state index contributed by atoms with van der Waals surface area (Å²) in [6, 6.07) is 9.24. The van der Waals surface area contributed by atoms with Crippen molar-refractivity contribution in [1.82, 2.24) is 0 Å². The molecule has 0 bridgehead atoms. The molecule has 0 saturated carbocycles. The third-order valence-electron chi connectivity index (χ3n) is 2.19. The molecule has 0 aliphatic rings. The van der Waals surface area contributed by atoms with Crippen LogP contribution in [0.15, 0.2) is 30.3 Å². The number of aliphatic carboxylic acids is 1. The second-order valence-electron chi connectivity index (χ2n) is 5.10. The van der Waals surface area contributed by atoms with Gasteiger partial charge in [0.15, 0.2) is 6.10 Å². The molecule has 0 spiro atoms. The van der Waals surface area contributed by atoms with Crippen LogP contribution in [-0.4, -0.2) is 44.2 Å². The summed E-state index contributed by atoms with van der Waals surface area (Å²) in [7, 11) is 5.99. The first kappa shape index (κ1) is 13.5. The number of hydrogen-bond acceptors (Lipinski definition) is 3. The fourth-order valence-corrected chi connectivity index (χ4v) is 1.63. The summed E-state index contributed by atoms with van der Waals surface area (Å²) in [5.41, 5.74) is 0. The molecule has 0 heterocycles. The first-order chi connectivity index (χ1) is 7.87. The third-order valence-corrected chi connectivity index (χ3v) is 2.19. The summed E-state index contributed by atoms with van der Waals surface area (Å²) in [5, 5.41) is 10.7. The molecular weight excluding hydrogens is 218 g/mol. The lowest BCUT2D eigenvalue weighted by Gasteiger charge is -2.29. The minimum atomic E-state index is -1.08. The molecule has 1 aromatic rings. The number of nitrogens with zero attached hydrogens (tertiary/aromatic N) is 1. The second-order valence-corrected chi connectivity index (χ2v) is 5.10. The monoisotopic (exact) mass is 237 g/mol. The van der Waals surface area contributed by atoms with Crippen LogP contribution in [0.2, 0.25) is 0 Å². The van der Waals surface area contributed by atoms with E-state index < -0.39 is 5.97 Å². The zero-order chi connectivity index (χ0) is 12.9. The van der Waals surface area contributed by atoms with Crippen molar-refractivity contribution >= 4 is 5.97 Å². The van der Waals surface area contributed by atoms with Crippen LogP contribution >= 0.6 is 0 Å². The van der Waals surface area contributed by atoms with Gasteiger partial charge in [0.1, 0.15) is 12.3 Å². The Kier molecular flexibility index (Phi) is 4.52. The first-order valence-electron chi connectivity index (χ1n) is 5.59. The molecule has 0 aliphatic heterocycles. The number of para-hydroxylation sites is 1. The van der Waals surface area contributed by atoms with E-state index in [0.29, 0.717) is 16.8 Å². The van der Waals surface area contributed by atoms with Crippen molar-refractivity contribution in [2.24, 2.45) is 0 Å². The molecule has 1 atom stereocenters. The van der Waals surface area contributed by atoms with Crippen molar-refractivity contribution in [3.05, 3.63) is 30.3 Å². The SMILES string of the molecule is C[N+](C)(C)CC(CC(=O)[O-])Oc1ccccc1. The van der Waals surface area contributed by atoms with Gasteiger partial charge in [-0.25, -0.2) is 0 Å². The number of carboxylic acids is 1. The number of quaternary nitrogens is 1. The first-order valence-corrected chi connectivity index (χ1v) is 5.59. The topological polar surface area (TPSA) is 49.4 Å². The van der Waals surface area contributed by atoms with Crippen LogP contribution in [0, 0.1) is 0 Å². The molecule has 17 heavy (non-hydrogen) atoms. The summed E-state index contributed by atoms with van der Waals surface area (Å²) < 4.78 is 6.31. The Morgan fingerprint density at radius 2 is 1.88 bits per heavy atom. The highest BCUT2D eigenvalue weighted by molar-refractivity contribution is 5.64. The number of likely N-dealkylation sites (N-methyl/N-ethyl adjacent to an activating group) is 1. The van der Waals surface area contributed by atoms with Gasteiger partial charge in [0.05, 0.1) is 21.1 Å². The van der Waals surface area contributed by atoms with E-state index in [9.17, 15) is 9.90 Å². The van der Waals surface area contributed by atoms with E-state index in [2.05, 4.69) is 0 Å². The zero-order valence-electron chi connectivity index (χ0n) is 10.6. The van der Waals surface area contributed by atoms with Crippen LogP contribution in [0.5, 0.6) is 5.75 Å². The van der Waals surface area contributed by atoms with Gasteiger partial charge < -0.3 is 19.1 Å². The van der Waals surface area contributed by atoms with E-state index in [1.54, 1.807) is 0 Å². The summed E-state index contributed by atoms with van der Waals surface area (Å²) in [5.74, 6) is -0.397. The van der Waals surface area contributed by atoms with E-state index in [1.165, 1.54) is 0 Å². The van der Waals surface area contributed by atoms with Crippen LogP contribution in [0.1, 0.15) is 6.42 Å². The highest BCUT2D eigenvalue weighted by Crippen LogP contribution is 2.13. The number of carbonyl (C=O) groups is 1. The molecule has 94 valence electrons. The Bertz CT molecular complexity index is 357. The smallest absolute Gasteiger partial charge is 0.152 e. The van der Waals surface area contributed by atoms with Gasteiger partial charge in [0.25, 0.3) is 0 Å². The fraction of sp³-hybridized carbons (Fsp3) is 0.462. The van der Waals surface area contributed by atoms with Crippen LogP contribution < -0.4 is 9.84 Å². The van der Waals surface area contributed by atoms with E-state index in [4.69, 9.17) is 4.74 Å². The predicted molar refractivity (Wildman–Crippen MR) is 63.4 cm³/mol. The van der Waals surface area contributed by atoms with Gasteiger partial charge in [-0.2, -0.15) is 0 Å². The quantitative estimate of drug-likeness (QED) is 0.668. The van der Waals surface area contributed by atoms with Crippen LogP contribution in [0.25, 0.3) is 0 Å². The van der Waals surface area contributed by atoms with Crippen LogP contribution in [0.3, 0.4) is 0 Å². The Morgan fingerprint density at radius 1 is 1.29 bits per heavy atom. The maximum atomic E-state index is 10.7. The van der Waals surface area contributed by atoms with Gasteiger partial charge in [0, 0.05) is 12.4 Å². The van der Waals surface area contributed by atoms with Gasteiger partial charge in [-0.05, 0) is 12.1 Å². The minimum Gasteiger partial charge on any atom is -0.550 e. The molecule has 4 heteroatoms. The van der Waals surface area contributed by atoms with Gasteiger partial charge in [0.2, 0.25) is 0 Å². The van der Waals surface area contributed by atoms with Crippen molar-refractivity contribution in [3.8, 4) is 5.75 Å². The molecular formula is C13H19NO3. The molecule has 0 aromatic heterocycles. The Labute approximate surface area is 102 Å². The molecule has 1 rings (SSSR count). The summed E-state index contributed by atoms with van der Waals surface area (Å²) >= 11 is 0. The number of rotatable bonds is 6. The lowest BCUT2D eigenvalue weighted by atomic mass is 10.2.